The molecule has 2 saturated heterocycles. The number of aliphatic carboxylic acids is 1. The fourth-order valence-corrected chi connectivity index (χ4v) is 5.86. The molecule has 2 fully saturated rings. The summed E-state index contributed by atoms with van der Waals surface area (Å²) in [5, 5.41) is 32.1. The molecule has 3 aromatic rings. The molecule has 0 bridgehead atoms. The van der Waals surface area contributed by atoms with Crippen LogP contribution in [-0.2, 0) is 32.2 Å². The number of carbonyl (C=O) groups excluding carboxylic acids is 1. The quantitative estimate of drug-likeness (QED) is 0.196. The van der Waals surface area contributed by atoms with Gasteiger partial charge >= 0.3 is 5.97 Å². The fraction of sp³-hybridized carbons (Fsp3) is 0.412. The zero-order valence-electron chi connectivity index (χ0n) is 25.8. The third-order valence-corrected chi connectivity index (χ3v) is 8.67. The third kappa shape index (κ3) is 8.46. The molecule has 0 aromatic heterocycles. The number of benzene rings is 3. The van der Waals surface area contributed by atoms with Crippen LogP contribution in [0.5, 0.6) is 0 Å². The molecule has 3 aromatic carbocycles. The van der Waals surface area contributed by atoms with Crippen LogP contribution in [0.4, 0.5) is 11.4 Å². The molecule has 0 aliphatic carbocycles. The van der Waals surface area contributed by atoms with Gasteiger partial charge in [0, 0.05) is 75.0 Å². The van der Waals surface area contributed by atoms with Gasteiger partial charge in [0.2, 0.25) is 5.91 Å². The van der Waals surface area contributed by atoms with Gasteiger partial charge in [0.25, 0.3) is 5.69 Å². The van der Waals surface area contributed by atoms with Crippen molar-refractivity contribution in [2.75, 3.05) is 37.6 Å². The molecule has 2 aliphatic rings. The van der Waals surface area contributed by atoms with Crippen LogP contribution in [0.3, 0.4) is 0 Å². The number of anilines is 1. The van der Waals surface area contributed by atoms with Gasteiger partial charge in [-0.15, -0.1) is 0 Å². The lowest BCUT2D eigenvalue weighted by atomic mass is 9.90. The van der Waals surface area contributed by atoms with E-state index in [1.54, 1.807) is 12.1 Å². The van der Waals surface area contributed by atoms with Crippen molar-refractivity contribution >= 4 is 23.3 Å². The van der Waals surface area contributed by atoms with E-state index < -0.39 is 12.3 Å². The molecule has 2 heterocycles. The van der Waals surface area contributed by atoms with Gasteiger partial charge < -0.3 is 29.9 Å². The van der Waals surface area contributed by atoms with Crippen molar-refractivity contribution in [2.24, 2.45) is 5.92 Å². The number of ether oxygens (including phenoxy) is 2. The van der Waals surface area contributed by atoms with Gasteiger partial charge in [-0.05, 0) is 28.8 Å². The second kappa shape index (κ2) is 15.3. The number of rotatable bonds is 12. The van der Waals surface area contributed by atoms with Crippen molar-refractivity contribution in [3.63, 3.8) is 0 Å². The standard InChI is InChI=1S/C34H40N4O8/c1-23-30(21-36-16-18-37(19-17-36)28-10-12-29(13-11-28)38(43)44)45-34(46-33(23)26-6-4-25(22-39)5-7-26)27-8-2-24(3-9-27)20-35-31(40)14-15-32(41)42/h2-13,23,30,33-34,39H,14-22H2,1H3,(H,35,40)(H,41,42). The Morgan fingerprint density at radius 1 is 0.891 bits per heavy atom. The molecular formula is C34H40N4O8. The Morgan fingerprint density at radius 2 is 1.52 bits per heavy atom. The molecule has 12 nitrogen and oxygen atoms in total. The lowest BCUT2D eigenvalue weighted by molar-refractivity contribution is -0.384. The van der Waals surface area contributed by atoms with Gasteiger partial charge in [0.05, 0.1) is 30.2 Å². The number of nitrogens with one attached hydrogen (secondary N) is 1. The number of nitro groups is 1. The van der Waals surface area contributed by atoms with Crippen molar-refractivity contribution in [1.29, 1.82) is 0 Å². The zero-order valence-corrected chi connectivity index (χ0v) is 25.8. The summed E-state index contributed by atoms with van der Waals surface area (Å²) in [6.07, 6.45) is -1.28. The van der Waals surface area contributed by atoms with Crippen molar-refractivity contribution in [3.8, 4) is 0 Å². The van der Waals surface area contributed by atoms with Crippen molar-refractivity contribution in [3.05, 3.63) is 105 Å². The molecule has 0 radical (unpaired) electrons. The Kier molecular flexibility index (Phi) is 11.0. The maximum Gasteiger partial charge on any atom is 0.303 e. The number of nitrogens with zero attached hydrogens (tertiary/aromatic N) is 3. The van der Waals surface area contributed by atoms with E-state index in [0.717, 1.165) is 54.1 Å². The van der Waals surface area contributed by atoms with E-state index in [-0.39, 0.29) is 60.6 Å². The number of nitro benzene ring substituents is 1. The highest BCUT2D eigenvalue weighted by Crippen LogP contribution is 2.42. The summed E-state index contributed by atoms with van der Waals surface area (Å²) >= 11 is 0. The maximum atomic E-state index is 11.9. The van der Waals surface area contributed by atoms with Crippen LogP contribution in [0.25, 0.3) is 0 Å². The molecule has 4 atom stereocenters. The maximum absolute atomic E-state index is 11.9. The molecule has 4 unspecified atom stereocenters. The summed E-state index contributed by atoms with van der Waals surface area (Å²) in [6.45, 7) is 6.31. The summed E-state index contributed by atoms with van der Waals surface area (Å²) in [5.41, 5.74) is 4.60. The van der Waals surface area contributed by atoms with Gasteiger partial charge in [-0.2, -0.15) is 0 Å². The summed E-state index contributed by atoms with van der Waals surface area (Å²) in [6, 6.07) is 22.1. The van der Waals surface area contributed by atoms with E-state index >= 15 is 0 Å². The smallest absolute Gasteiger partial charge is 0.303 e. The predicted octanol–water partition coefficient (Wildman–Crippen LogP) is 4.18. The first-order valence-corrected chi connectivity index (χ1v) is 15.5. The average Bonchev–Trinajstić information content (AvgIpc) is 3.08. The Morgan fingerprint density at radius 3 is 2.13 bits per heavy atom. The van der Waals surface area contributed by atoms with Crippen molar-refractivity contribution in [1.82, 2.24) is 10.2 Å². The van der Waals surface area contributed by atoms with E-state index in [4.69, 9.17) is 14.6 Å². The number of non-ortho nitro benzene ring substituents is 1. The van der Waals surface area contributed by atoms with Crippen LogP contribution in [0.1, 0.15) is 54.4 Å². The highest BCUT2D eigenvalue weighted by molar-refractivity contribution is 5.80. The molecule has 12 heteroatoms. The number of piperazine rings is 1. The Hall–Kier alpha value is -4.36. The van der Waals surface area contributed by atoms with Crippen LogP contribution in [-0.4, -0.2) is 70.7 Å². The van der Waals surface area contributed by atoms with Gasteiger partial charge in [-0.3, -0.25) is 24.6 Å². The van der Waals surface area contributed by atoms with Gasteiger partial charge in [0.1, 0.15) is 0 Å². The van der Waals surface area contributed by atoms with Gasteiger partial charge in [-0.25, -0.2) is 0 Å². The highest BCUT2D eigenvalue weighted by atomic mass is 16.7. The zero-order chi connectivity index (χ0) is 32.6. The van der Waals surface area contributed by atoms with E-state index in [1.807, 2.05) is 48.5 Å². The summed E-state index contributed by atoms with van der Waals surface area (Å²) < 4.78 is 13.2. The number of carboxylic acids is 1. The van der Waals surface area contributed by atoms with Gasteiger partial charge in [-0.1, -0.05) is 55.5 Å². The summed E-state index contributed by atoms with van der Waals surface area (Å²) in [5.74, 6) is -1.29. The molecule has 1 amide bonds. The summed E-state index contributed by atoms with van der Waals surface area (Å²) in [4.78, 5) is 37.9. The minimum Gasteiger partial charge on any atom is -0.481 e. The Labute approximate surface area is 267 Å². The van der Waals surface area contributed by atoms with Crippen molar-refractivity contribution < 1.29 is 34.2 Å². The van der Waals surface area contributed by atoms with Crippen LogP contribution in [0.15, 0.2) is 72.8 Å². The molecule has 2 aliphatic heterocycles. The summed E-state index contributed by atoms with van der Waals surface area (Å²) in [7, 11) is 0. The molecule has 0 spiro atoms. The number of carboxylic acid groups (broad SMARTS) is 1. The molecule has 3 N–H and O–H groups in total. The minimum absolute atomic E-state index is 0.0317. The Bertz CT molecular complexity index is 1470. The molecule has 5 rings (SSSR count). The van der Waals surface area contributed by atoms with Crippen LogP contribution >= 0.6 is 0 Å². The number of hydrogen-bond acceptors (Lipinski definition) is 9. The largest absolute Gasteiger partial charge is 0.481 e. The number of aliphatic hydroxyl groups excluding tert-OH is 1. The van der Waals surface area contributed by atoms with Crippen molar-refractivity contribution in [2.45, 2.75) is 51.4 Å². The van der Waals surface area contributed by atoms with E-state index in [0.29, 0.717) is 6.54 Å². The average molecular weight is 633 g/mol. The predicted molar refractivity (Wildman–Crippen MR) is 170 cm³/mol. The number of hydrogen-bond donors (Lipinski definition) is 3. The van der Waals surface area contributed by atoms with Crippen LogP contribution < -0.4 is 10.2 Å². The first-order valence-electron chi connectivity index (χ1n) is 15.5. The number of amides is 1. The number of carbonyl (C=O) groups is 2. The molecular weight excluding hydrogens is 592 g/mol. The Balaban J connectivity index is 1.25. The molecule has 0 saturated carbocycles. The van der Waals surface area contributed by atoms with E-state index in [1.165, 1.54) is 12.1 Å². The lowest BCUT2D eigenvalue weighted by Crippen LogP contribution is -2.51. The van der Waals surface area contributed by atoms with Gasteiger partial charge in [0.15, 0.2) is 6.29 Å². The highest BCUT2D eigenvalue weighted by Gasteiger charge is 2.39. The first kappa shape index (κ1) is 33.0. The van der Waals surface area contributed by atoms with Crippen LogP contribution in [0.2, 0.25) is 0 Å². The fourth-order valence-electron chi connectivity index (χ4n) is 5.86. The number of aliphatic hydroxyl groups is 1. The van der Waals surface area contributed by atoms with Crippen LogP contribution in [0, 0.1) is 16.0 Å². The SMILES string of the molecule is CC1C(CN2CCN(c3ccc([N+](=O)[O-])cc3)CC2)OC(c2ccc(CNC(=O)CCC(=O)O)cc2)OC1c1ccc(CO)cc1. The first-order chi connectivity index (χ1) is 22.2. The third-order valence-electron chi connectivity index (χ3n) is 8.67. The molecule has 244 valence electrons. The molecule has 46 heavy (non-hydrogen) atoms. The topological polar surface area (TPSA) is 155 Å². The second-order valence-corrected chi connectivity index (χ2v) is 11.8. The van der Waals surface area contributed by atoms with E-state index in [9.17, 15) is 24.8 Å². The normalized spacial score (nSPS) is 21.9. The van der Waals surface area contributed by atoms with E-state index in [2.05, 4.69) is 22.0 Å². The monoisotopic (exact) mass is 632 g/mol. The second-order valence-electron chi connectivity index (χ2n) is 11.8. The lowest BCUT2D eigenvalue weighted by Gasteiger charge is -2.44. The minimum atomic E-state index is -1.01.